The average molecular weight is 421 g/mol. The quantitative estimate of drug-likeness (QED) is 0.192. The monoisotopic (exact) mass is 421 g/mol. The van der Waals surface area contributed by atoms with Crippen molar-refractivity contribution in [2.45, 2.75) is 10.1 Å². The van der Waals surface area contributed by atoms with Crippen molar-refractivity contribution in [3.05, 3.63) is 82.2 Å². The Morgan fingerprint density at radius 2 is 1.83 bits per heavy atom. The van der Waals surface area contributed by atoms with E-state index in [1.165, 1.54) is 12.1 Å². The molecule has 1 aliphatic heterocycles. The average Bonchev–Trinajstić information content (AvgIpc) is 2.78. The van der Waals surface area contributed by atoms with Crippen LogP contribution in [0.25, 0.3) is 6.08 Å². The highest BCUT2D eigenvalue weighted by Gasteiger charge is 2.17. The van der Waals surface area contributed by atoms with E-state index in [1.54, 1.807) is 54.9 Å². The van der Waals surface area contributed by atoms with Crippen LogP contribution in [0.15, 0.2) is 71.0 Å². The molecule has 0 saturated carbocycles. The number of rotatable bonds is 6. The predicted molar refractivity (Wildman–Crippen MR) is 110 cm³/mol. The second-order valence-corrected chi connectivity index (χ2v) is 7.18. The van der Waals surface area contributed by atoms with E-state index in [4.69, 9.17) is 9.47 Å². The highest BCUT2D eigenvalue weighted by molar-refractivity contribution is 7.99. The maximum atomic E-state index is 12.5. The molecular weight excluding hydrogens is 406 g/mol. The Kier molecular flexibility index (Phi) is 5.71. The van der Waals surface area contributed by atoms with Crippen LogP contribution in [0.5, 0.6) is 11.5 Å². The van der Waals surface area contributed by atoms with E-state index in [2.05, 4.69) is 9.97 Å². The lowest BCUT2D eigenvalue weighted by molar-refractivity contribution is -0.387. The summed E-state index contributed by atoms with van der Waals surface area (Å²) in [5, 5.41) is 11.9. The molecule has 0 amide bonds. The molecule has 0 unspecified atom stereocenters. The first-order valence-corrected chi connectivity index (χ1v) is 9.77. The van der Waals surface area contributed by atoms with Gasteiger partial charge in [-0.25, -0.2) is 9.97 Å². The predicted octanol–water partition coefficient (Wildman–Crippen LogP) is 4.20. The standard InChI is InChI=1S/C21H15N3O5S/c25-17(15-4-6-18-19(13-15)29-11-10-28-18)5-2-14-3-7-20(16(12-14)24(26)27)30-21-22-8-1-9-23-21/h1-9,12-13H,10-11H2/b5-2+. The van der Waals surface area contributed by atoms with Gasteiger partial charge in [-0.2, -0.15) is 0 Å². The number of hydrogen-bond acceptors (Lipinski definition) is 8. The highest BCUT2D eigenvalue weighted by atomic mass is 32.2. The summed E-state index contributed by atoms with van der Waals surface area (Å²) in [6.07, 6.45) is 6.06. The molecule has 4 rings (SSSR count). The summed E-state index contributed by atoms with van der Waals surface area (Å²) in [5.41, 5.74) is 0.894. The fraction of sp³-hybridized carbons (Fsp3) is 0.0952. The van der Waals surface area contributed by atoms with Crippen LogP contribution in [0.1, 0.15) is 15.9 Å². The van der Waals surface area contributed by atoms with Crippen LogP contribution in [-0.2, 0) is 0 Å². The molecule has 0 saturated heterocycles. The number of nitro benzene ring substituents is 1. The summed E-state index contributed by atoms with van der Waals surface area (Å²) < 4.78 is 10.9. The Morgan fingerprint density at radius 1 is 1.07 bits per heavy atom. The lowest BCUT2D eigenvalue weighted by Gasteiger charge is -2.18. The van der Waals surface area contributed by atoms with E-state index in [1.807, 2.05) is 0 Å². The van der Waals surface area contributed by atoms with Crippen molar-refractivity contribution in [3.8, 4) is 11.5 Å². The van der Waals surface area contributed by atoms with Crippen LogP contribution in [0, 0.1) is 10.1 Å². The maximum absolute atomic E-state index is 12.5. The van der Waals surface area contributed by atoms with Crippen LogP contribution < -0.4 is 9.47 Å². The number of carbonyl (C=O) groups is 1. The van der Waals surface area contributed by atoms with Crippen LogP contribution in [0.2, 0.25) is 0 Å². The van der Waals surface area contributed by atoms with Crippen LogP contribution >= 0.6 is 11.8 Å². The first-order chi connectivity index (χ1) is 14.6. The summed E-state index contributed by atoms with van der Waals surface area (Å²) >= 11 is 1.10. The molecule has 150 valence electrons. The first kappa shape index (κ1) is 19.6. The fourth-order valence-corrected chi connectivity index (χ4v) is 3.57. The summed E-state index contributed by atoms with van der Waals surface area (Å²) in [5.74, 6) is 0.888. The summed E-state index contributed by atoms with van der Waals surface area (Å²) in [6, 6.07) is 11.4. The normalized spacial score (nSPS) is 12.7. The lowest BCUT2D eigenvalue weighted by atomic mass is 10.1. The van der Waals surface area contributed by atoms with Gasteiger partial charge in [0.15, 0.2) is 22.4 Å². The van der Waals surface area contributed by atoms with Crippen molar-refractivity contribution in [2.75, 3.05) is 13.2 Å². The number of benzene rings is 2. The van der Waals surface area contributed by atoms with E-state index < -0.39 is 4.92 Å². The van der Waals surface area contributed by atoms with Gasteiger partial charge in [0.1, 0.15) is 13.2 Å². The minimum Gasteiger partial charge on any atom is -0.486 e. The molecule has 0 spiro atoms. The molecule has 0 radical (unpaired) electrons. The minimum absolute atomic E-state index is 0.0821. The van der Waals surface area contributed by atoms with E-state index in [9.17, 15) is 14.9 Å². The van der Waals surface area contributed by atoms with E-state index >= 15 is 0 Å². The van der Waals surface area contributed by atoms with Crippen molar-refractivity contribution < 1.29 is 19.2 Å². The number of ketones is 1. The molecule has 1 aromatic heterocycles. The number of aromatic nitrogens is 2. The molecule has 0 bridgehead atoms. The molecule has 0 aliphatic carbocycles. The Hall–Kier alpha value is -3.72. The van der Waals surface area contributed by atoms with E-state index in [-0.39, 0.29) is 11.5 Å². The SMILES string of the molecule is O=C(/C=C/c1ccc(Sc2ncccn2)c([N+](=O)[O-])c1)c1ccc2c(c1)OCCO2. The van der Waals surface area contributed by atoms with Gasteiger partial charge in [-0.3, -0.25) is 14.9 Å². The molecule has 2 aromatic carbocycles. The van der Waals surface area contributed by atoms with Crippen molar-refractivity contribution in [3.63, 3.8) is 0 Å². The number of carbonyl (C=O) groups excluding carboxylic acids is 1. The third-order valence-electron chi connectivity index (χ3n) is 4.18. The lowest BCUT2D eigenvalue weighted by Crippen LogP contribution is -2.15. The molecule has 3 aromatic rings. The number of fused-ring (bicyclic) bond motifs is 1. The largest absolute Gasteiger partial charge is 0.486 e. The van der Waals surface area contributed by atoms with Gasteiger partial charge < -0.3 is 9.47 Å². The van der Waals surface area contributed by atoms with E-state index in [0.29, 0.717) is 45.9 Å². The van der Waals surface area contributed by atoms with Crippen molar-refractivity contribution >= 4 is 29.3 Å². The zero-order valence-corrected chi connectivity index (χ0v) is 16.4. The molecule has 0 atom stereocenters. The van der Waals surface area contributed by atoms with E-state index in [0.717, 1.165) is 11.8 Å². The van der Waals surface area contributed by atoms with Gasteiger partial charge in [0, 0.05) is 24.0 Å². The van der Waals surface area contributed by atoms with Gasteiger partial charge in [-0.15, -0.1) is 0 Å². The Labute approximate surface area is 175 Å². The highest BCUT2D eigenvalue weighted by Crippen LogP contribution is 2.34. The summed E-state index contributed by atoms with van der Waals surface area (Å²) in [6.45, 7) is 0.909. The molecular formula is C21H15N3O5S. The van der Waals surface area contributed by atoms with Crippen molar-refractivity contribution in [1.29, 1.82) is 0 Å². The summed E-state index contributed by atoms with van der Waals surface area (Å²) in [7, 11) is 0. The minimum atomic E-state index is -0.467. The smallest absolute Gasteiger partial charge is 0.283 e. The second kappa shape index (κ2) is 8.75. The molecule has 30 heavy (non-hydrogen) atoms. The molecule has 0 N–H and O–H groups in total. The zero-order valence-electron chi connectivity index (χ0n) is 15.6. The molecule has 8 nitrogen and oxygen atoms in total. The van der Waals surface area contributed by atoms with Crippen molar-refractivity contribution in [1.82, 2.24) is 9.97 Å². The van der Waals surface area contributed by atoms with Crippen LogP contribution in [0.4, 0.5) is 5.69 Å². The number of nitro groups is 1. The topological polar surface area (TPSA) is 104 Å². The van der Waals surface area contributed by atoms with Crippen LogP contribution in [0.3, 0.4) is 0 Å². The zero-order chi connectivity index (χ0) is 20.9. The Bertz CT molecular complexity index is 1130. The molecule has 2 heterocycles. The number of nitrogens with zero attached hydrogens (tertiary/aromatic N) is 3. The van der Waals surface area contributed by atoms with Gasteiger partial charge in [-0.05, 0) is 53.7 Å². The van der Waals surface area contributed by atoms with Gasteiger partial charge in [0.2, 0.25) is 0 Å². The number of hydrogen-bond donors (Lipinski definition) is 0. The third kappa shape index (κ3) is 4.47. The molecule has 1 aliphatic rings. The maximum Gasteiger partial charge on any atom is 0.283 e. The number of ether oxygens (including phenoxy) is 2. The van der Waals surface area contributed by atoms with Gasteiger partial charge >= 0.3 is 0 Å². The van der Waals surface area contributed by atoms with Crippen LogP contribution in [-0.4, -0.2) is 33.9 Å². The Balaban J connectivity index is 1.54. The summed E-state index contributed by atoms with van der Waals surface area (Å²) in [4.78, 5) is 32.1. The Morgan fingerprint density at radius 3 is 2.60 bits per heavy atom. The fourth-order valence-electron chi connectivity index (χ4n) is 2.77. The third-order valence-corrected chi connectivity index (χ3v) is 5.14. The second-order valence-electron chi connectivity index (χ2n) is 6.17. The number of allylic oxidation sites excluding steroid dienone is 1. The molecule has 0 fully saturated rings. The van der Waals surface area contributed by atoms with Gasteiger partial charge in [0.25, 0.3) is 5.69 Å². The van der Waals surface area contributed by atoms with Gasteiger partial charge in [0.05, 0.1) is 9.82 Å². The molecule has 9 heteroatoms. The van der Waals surface area contributed by atoms with Crippen molar-refractivity contribution in [2.24, 2.45) is 0 Å². The van der Waals surface area contributed by atoms with Gasteiger partial charge in [-0.1, -0.05) is 12.1 Å². The first-order valence-electron chi connectivity index (χ1n) is 8.95.